The summed E-state index contributed by atoms with van der Waals surface area (Å²) >= 11 is 1.60. The molecule has 4 heteroatoms. The van der Waals surface area contributed by atoms with E-state index in [4.69, 9.17) is 4.74 Å². The molecule has 1 aromatic heterocycles. The van der Waals surface area contributed by atoms with Gasteiger partial charge in [-0.2, -0.15) is 0 Å². The molecular formula is C13H15NO2S. The van der Waals surface area contributed by atoms with Crippen LogP contribution < -0.4 is 4.74 Å². The molecule has 1 unspecified atom stereocenters. The van der Waals surface area contributed by atoms with Crippen LogP contribution in [-0.4, -0.2) is 22.8 Å². The molecule has 3 nitrogen and oxygen atoms in total. The van der Waals surface area contributed by atoms with Gasteiger partial charge in [0.05, 0.1) is 16.8 Å². The first-order valence-corrected chi connectivity index (χ1v) is 6.39. The van der Waals surface area contributed by atoms with Crippen LogP contribution in [0.25, 0.3) is 0 Å². The van der Waals surface area contributed by atoms with E-state index in [-0.39, 0.29) is 0 Å². The minimum atomic E-state index is -0.517. The Kier molecular flexibility index (Phi) is 4.12. The van der Waals surface area contributed by atoms with Gasteiger partial charge in [-0.25, -0.2) is 4.98 Å². The van der Waals surface area contributed by atoms with Gasteiger partial charge in [-0.3, -0.25) is 0 Å². The predicted molar refractivity (Wildman–Crippen MR) is 68.5 cm³/mol. The van der Waals surface area contributed by atoms with Gasteiger partial charge >= 0.3 is 0 Å². The number of para-hydroxylation sites is 1. The van der Waals surface area contributed by atoms with Gasteiger partial charge in [0.1, 0.15) is 12.4 Å². The largest absolute Gasteiger partial charge is 0.491 e. The van der Waals surface area contributed by atoms with Crippen molar-refractivity contribution in [2.45, 2.75) is 19.4 Å². The zero-order valence-corrected chi connectivity index (χ0v) is 10.5. The summed E-state index contributed by atoms with van der Waals surface area (Å²) in [6, 6.07) is 9.50. The first-order chi connectivity index (χ1) is 8.24. The molecule has 0 aliphatic heterocycles. The lowest BCUT2D eigenvalue weighted by Crippen LogP contribution is -2.20. The minimum Gasteiger partial charge on any atom is -0.491 e. The Morgan fingerprint density at radius 2 is 2.12 bits per heavy atom. The molecule has 1 heterocycles. The number of aliphatic hydroxyl groups is 1. The molecule has 0 amide bonds. The van der Waals surface area contributed by atoms with E-state index in [0.717, 1.165) is 16.5 Å². The van der Waals surface area contributed by atoms with E-state index in [1.165, 1.54) is 0 Å². The second-order valence-electron chi connectivity index (χ2n) is 3.84. The highest BCUT2D eigenvalue weighted by molar-refractivity contribution is 7.09. The summed E-state index contributed by atoms with van der Waals surface area (Å²) in [5.41, 5.74) is 0.927. The van der Waals surface area contributed by atoms with Crippen molar-refractivity contribution >= 4 is 11.3 Å². The fourth-order valence-corrected chi connectivity index (χ4v) is 2.14. The van der Waals surface area contributed by atoms with Crippen LogP contribution in [0.1, 0.15) is 10.7 Å². The number of rotatable bonds is 5. The van der Waals surface area contributed by atoms with Crippen molar-refractivity contribution in [2.24, 2.45) is 0 Å². The van der Waals surface area contributed by atoms with E-state index in [2.05, 4.69) is 4.98 Å². The average molecular weight is 249 g/mol. The Bertz CT molecular complexity index is 455. The third kappa shape index (κ3) is 3.84. The topological polar surface area (TPSA) is 42.4 Å². The molecule has 0 spiro atoms. The molecule has 0 aliphatic carbocycles. The number of aromatic nitrogens is 1. The molecule has 1 aromatic carbocycles. The average Bonchev–Trinajstić information content (AvgIpc) is 2.73. The van der Waals surface area contributed by atoms with Crippen molar-refractivity contribution in [3.63, 3.8) is 0 Å². The van der Waals surface area contributed by atoms with Crippen molar-refractivity contribution in [3.05, 3.63) is 46.4 Å². The maximum atomic E-state index is 9.81. The lowest BCUT2D eigenvalue weighted by Gasteiger charge is -2.10. The molecule has 2 rings (SSSR count). The number of aryl methyl sites for hydroxylation is 1. The standard InChI is InChI=1S/C13H15NO2S/c1-10-14-11(9-17-10)7-12(15)8-16-13-5-3-2-4-6-13/h2-6,9,12,15H,7-8H2,1H3. The summed E-state index contributed by atoms with van der Waals surface area (Å²) in [7, 11) is 0. The molecule has 0 fully saturated rings. The zero-order chi connectivity index (χ0) is 12.1. The van der Waals surface area contributed by atoms with Crippen LogP contribution in [0.2, 0.25) is 0 Å². The normalized spacial score (nSPS) is 12.4. The first kappa shape index (κ1) is 12.1. The lowest BCUT2D eigenvalue weighted by molar-refractivity contribution is 0.107. The van der Waals surface area contributed by atoms with Crippen LogP contribution in [-0.2, 0) is 6.42 Å². The second kappa shape index (κ2) is 5.80. The maximum absolute atomic E-state index is 9.81. The zero-order valence-electron chi connectivity index (χ0n) is 9.67. The first-order valence-electron chi connectivity index (χ1n) is 5.51. The molecule has 1 N–H and O–H groups in total. The SMILES string of the molecule is Cc1nc(CC(O)COc2ccccc2)cs1. The van der Waals surface area contributed by atoms with E-state index in [1.54, 1.807) is 11.3 Å². The summed E-state index contributed by atoms with van der Waals surface area (Å²) in [6.45, 7) is 2.25. The van der Waals surface area contributed by atoms with Crippen LogP contribution in [0.5, 0.6) is 5.75 Å². The molecule has 0 radical (unpaired) electrons. The number of aliphatic hydroxyl groups excluding tert-OH is 1. The lowest BCUT2D eigenvalue weighted by atomic mass is 10.2. The van der Waals surface area contributed by atoms with E-state index >= 15 is 0 Å². The van der Waals surface area contributed by atoms with Gasteiger partial charge in [-0.15, -0.1) is 11.3 Å². The van der Waals surface area contributed by atoms with Crippen molar-refractivity contribution in [1.82, 2.24) is 4.98 Å². The Morgan fingerprint density at radius 3 is 2.76 bits per heavy atom. The number of nitrogens with zero attached hydrogens (tertiary/aromatic N) is 1. The molecule has 17 heavy (non-hydrogen) atoms. The molecule has 0 saturated carbocycles. The number of benzene rings is 1. The van der Waals surface area contributed by atoms with Crippen molar-refractivity contribution in [1.29, 1.82) is 0 Å². The molecule has 0 bridgehead atoms. The Hall–Kier alpha value is -1.39. The summed E-state index contributed by atoms with van der Waals surface area (Å²) in [5.74, 6) is 0.779. The Morgan fingerprint density at radius 1 is 1.35 bits per heavy atom. The monoisotopic (exact) mass is 249 g/mol. The Balaban J connectivity index is 1.80. The van der Waals surface area contributed by atoms with Crippen LogP contribution in [0, 0.1) is 6.92 Å². The van der Waals surface area contributed by atoms with E-state index in [9.17, 15) is 5.11 Å². The number of hydrogen-bond acceptors (Lipinski definition) is 4. The fraction of sp³-hybridized carbons (Fsp3) is 0.308. The predicted octanol–water partition coefficient (Wildman–Crippen LogP) is 2.43. The van der Waals surface area contributed by atoms with Gasteiger partial charge in [-0.05, 0) is 19.1 Å². The summed E-state index contributed by atoms with van der Waals surface area (Å²) in [4.78, 5) is 4.31. The van der Waals surface area contributed by atoms with Gasteiger partial charge in [0.15, 0.2) is 0 Å². The third-order valence-electron chi connectivity index (χ3n) is 2.30. The summed E-state index contributed by atoms with van der Waals surface area (Å²) < 4.78 is 5.47. The number of thiazole rings is 1. The van der Waals surface area contributed by atoms with Gasteiger partial charge in [0.25, 0.3) is 0 Å². The van der Waals surface area contributed by atoms with E-state index < -0.39 is 6.10 Å². The highest BCUT2D eigenvalue weighted by Crippen LogP contribution is 2.12. The van der Waals surface area contributed by atoms with Gasteiger partial charge in [0, 0.05) is 11.8 Å². The number of ether oxygens (including phenoxy) is 1. The molecular weight excluding hydrogens is 234 g/mol. The van der Waals surface area contributed by atoms with Gasteiger partial charge in [0.2, 0.25) is 0 Å². The summed E-state index contributed by atoms with van der Waals surface area (Å²) in [6.07, 6.45) is 0.0219. The number of hydrogen-bond donors (Lipinski definition) is 1. The summed E-state index contributed by atoms with van der Waals surface area (Å²) in [5, 5.41) is 12.8. The Labute approximate surface area is 105 Å². The van der Waals surface area contributed by atoms with Crippen LogP contribution in [0.4, 0.5) is 0 Å². The van der Waals surface area contributed by atoms with Crippen LogP contribution in [0.15, 0.2) is 35.7 Å². The third-order valence-corrected chi connectivity index (χ3v) is 3.12. The van der Waals surface area contributed by atoms with E-state index in [1.807, 2.05) is 42.6 Å². The highest BCUT2D eigenvalue weighted by Gasteiger charge is 2.08. The second-order valence-corrected chi connectivity index (χ2v) is 4.90. The van der Waals surface area contributed by atoms with Gasteiger partial charge in [-0.1, -0.05) is 18.2 Å². The van der Waals surface area contributed by atoms with Crippen LogP contribution >= 0.6 is 11.3 Å². The van der Waals surface area contributed by atoms with Crippen molar-refractivity contribution in [3.8, 4) is 5.75 Å². The molecule has 0 aliphatic rings. The highest BCUT2D eigenvalue weighted by atomic mass is 32.1. The quantitative estimate of drug-likeness (QED) is 0.885. The maximum Gasteiger partial charge on any atom is 0.119 e. The van der Waals surface area contributed by atoms with Crippen molar-refractivity contribution < 1.29 is 9.84 Å². The van der Waals surface area contributed by atoms with Crippen LogP contribution in [0.3, 0.4) is 0 Å². The smallest absolute Gasteiger partial charge is 0.119 e. The fourth-order valence-electron chi connectivity index (χ4n) is 1.51. The van der Waals surface area contributed by atoms with Crippen molar-refractivity contribution in [2.75, 3.05) is 6.61 Å². The molecule has 0 saturated heterocycles. The van der Waals surface area contributed by atoms with E-state index in [0.29, 0.717) is 13.0 Å². The molecule has 2 aromatic rings. The van der Waals surface area contributed by atoms with Gasteiger partial charge < -0.3 is 9.84 Å². The molecule has 90 valence electrons. The minimum absolute atomic E-state index is 0.292. The molecule has 1 atom stereocenters.